The molecular formula is C41H45N3O5. The van der Waals surface area contributed by atoms with Gasteiger partial charge in [0.15, 0.2) is 23.0 Å². The molecule has 8 nitrogen and oxygen atoms in total. The molecule has 4 aromatic carbocycles. The molecule has 2 saturated carbocycles. The second-order valence-corrected chi connectivity index (χ2v) is 14.1. The molecule has 254 valence electrons. The number of aliphatic imine (C=N–C) groups is 2. The van der Waals surface area contributed by atoms with E-state index in [0.29, 0.717) is 47.0 Å². The SMILES string of the molecule is Oc1ccc(/C=C/c2c(CCc3ccc(CNC[C@@]4(C5=NCN=C5)CCCCC45CCCC5)cc3)c(O)c(O)c3c(O)cccc23)cc1O. The van der Waals surface area contributed by atoms with E-state index in [4.69, 9.17) is 4.99 Å². The van der Waals surface area contributed by atoms with E-state index in [1.165, 1.54) is 80.8 Å². The molecule has 4 aromatic rings. The largest absolute Gasteiger partial charge is 0.507 e. The second-order valence-electron chi connectivity index (χ2n) is 14.1. The number of rotatable bonds is 10. The summed E-state index contributed by atoms with van der Waals surface area (Å²) in [7, 11) is 0. The molecule has 0 unspecified atom stereocenters. The lowest BCUT2D eigenvalue weighted by molar-refractivity contribution is 0.0507. The molecule has 1 aliphatic heterocycles. The van der Waals surface area contributed by atoms with E-state index in [-0.39, 0.29) is 39.5 Å². The number of fused-ring (bicyclic) bond motifs is 1. The molecule has 0 radical (unpaired) electrons. The number of phenols is 5. The smallest absolute Gasteiger partial charge is 0.169 e. The third-order valence-electron chi connectivity index (χ3n) is 11.4. The first-order chi connectivity index (χ1) is 23.8. The third-order valence-corrected chi connectivity index (χ3v) is 11.4. The molecule has 7 rings (SSSR count). The first-order valence-corrected chi connectivity index (χ1v) is 17.5. The maximum Gasteiger partial charge on any atom is 0.169 e. The maximum atomic E-state index is 11.2. The van der Waals surface area contributed by atoms with Gasteiger partial charge >= 0.3 is 0 Å². The summed E-state index contributed by atoms with van der Waals surface area (Å²) in [4.78, 5) is 9.39. The Hall–Kier alpha value is -4.82. The molecule has 0 bridgehead atoms. The Kier molecular flexibility index (Phi) is 9.07. The lowest BCUT2D eigenvalue weighted by Crippen LogP contribution is -2.54. The van der Waals surface area contributed by atoms with Gasteiger partial charge in [0.05, 0.1) is 11.1 Å². The Morgan fingerprint density at radius 3 is 2.16 bits per heavy atom. The topological polar surface area (TPSA) is 138 Å². The van der Waals surface area contributed by atoms with Crippen LogP contribution in [0.5, 0.6) is 28.7 Å². The van der Waals surface area contributed by atoms with Crippen molar-refractivity contribution in [1.29, 1.82) is 0 Å². The zero-order valence-electron chi connectivity index (χ0n) is 27.8. The molecular weight excluding hydrogens is 614 g/mol. The van der Waals surface area contributed by atoms with Gasteiger partial charge in [0.2, 0.25) is 0 Å². The molecule has 2 aliphatic carbocycles. The normalized spacial score (nSPS) is 20.1. The monoisotopic (exact) mass is 659 g/mol. The number of benzene rings is 4. The van der Waals surface area contributed by atoms with E-state index in [2.05, 4.69) is 40.8 Å². The summed E-state index contributed by atoms with van der Waals surface area (Å²) in [6.45, 7) is 2.25. The minimum Gasteiger partial charge on any atom is -0.507 e. The first-order valence-electron chi connectivity index (χ1n) is 17.5. The lowest BCUT2D eigenvalue weighted by Gasteiger charge is -2.52. The molecule has 0 aromatic heterocycles. The van der Waals surface area contributed by atoms with Crippen LogP contribution in [0.4, 0.5) is 0 Å². The van der Waals surface area contributed by atoms with Crippen LogP contribution < -0.4 is 5.32 Å². The fourth-order valence-electron chi connectivity index (χ4n) is 8.85. The van der Waals surface area contributed by atoms with Gasteiger partial charge in [-0.2, -0.15) is 0 Å². The van der Waals surface area contributed by atoms with Gasteiger partial charge in [0, 0.05) is 30.3 Å². The highest BCUT2D eigenvalue weighted by Gasteiger charge is 2.55. The molecule has 1 spiro atoms. The van der Waals surface area contributed by atoms with Crippen molar-refractivity contribution in [2.45, 2.75) is 70.8 Å². The number of aromatic hydroxyl groups is 5. The van der Waals surface area contributed by atoms with Crippen molar-refractivity contribution in [1.82, 2.24) is 5.32 Å². The van der Waals surface area contributed by atoms with E-state index >= 15 is 0 Å². The average Bonchev–Trinajstić information content (AvgIpc) is 3.83. The fourth-order valence-corrected chi connectivity index (χ4v) is 8.85. The van der Waals surface area contributed by atoms with Crippen molar-refractivity contribution in [3.8, 4) is 28.7 Å². The summed E-state index contributed by atoms with van der Waals surface area (Å²) < 4.78 is 0. The highest BCUT2D eigenvalue weighted by Crippen LogP contribution is 2.60. The van der Waals surface area contributed by atoms with E-state index < -0.39 is 0 Å². The molecule has 1 heterocycles. The molecule has 1 atom stereocenters. The van der Waals surface area contributed by atoms with Crippen molar-refractivity contribution >= 4 is 34.9 Å². The molecule has 0 amide bonds. The Bertz CT molecular complexity index is 1940. The summed E-state index contributed by atoms with van der Waals surface area (Å²) in [6, 6.07) is 18.1. The summed E-state index contributed by atoms with van der Waals surface area (Å²) >= 11 is 0. The van der Waals surface area contributed by atoms with E-state index in [0.717, 1.165) is 18.7 Å². The summed E-state index contributed by atoms with van der Waals surface area (Å²) in [5, 5.41) is 57.0. The lowest BCUT2D eigenvalue weighted by atomic mass is 9.53. The zero-order chi connectivity index (χ0) is 34.0. The summed E-state index contributed by atoms with van der Waals surface area (Å²) in [5.74, 6) is -1.20. The number of hydrogen-bond donors (Lipinski definition) is 6. The van der Waals surface area contributed by atoms with Crippen LogP contribution in [0.1, 0.15) is 79.2 Å². The van der Waals surface area contributed by atoms with Gasteiger partial charge in [-0.1, -0.05) is 80.3 Å². The van der Waals surface area contributed by atoms with E-state index in [9.17, 15) is 25.5 Å². The fraction of sp³-hybridized carbons (Fsp3) is 0.366. The van der Waals surface area contributed by atoms with Crippen LogP contribution in [0, 0.1) is 10.8 Å². The predicted octanol–water partition coefficient (Wildman–Crippen LogP) is 8.02. The number of aryl methyl sites for hydroxylation is 1. The highest BCUT2D eigenvalue weighted by molar-refractivity contribution is 6.34. The minimum absolute atomic E-state index is 0.0563. The van der Waals surface area contributed by atoms with Crippen LogP contribution in [0.3, 0.4) is 0 Å². The average molecular weight is 660 g/mol. The Balaban J connectivity index is 1.08. The van der Waals surface area contributed by atoms with Crippen LogP contribution in [0.2, 0.25) is 0 Å². The van der Waals surface area contributed by atoms with Gasteiger partial charge in [0.25, 0.3) is 0 Å². The van der Waals surface area contributed by atoms with Crippen LogP contribution in [-0.4, -0.2) is 50.7 Å². The minimum atomic E-state index is -0.353. The van der Waals surface area contributed by atoms with Crippen LogP contribution in [0.25, 0.3) is 22.9 Å². The first kappa shape index (κ1) is 32.7. The van der Waals surface area contributed by atoms with E-state index in [1.54, 1.807) is 30.4 Å². The van der Waals surface area contributed by atoms with Crippen LogP contribution >= 0.6 is 0 Å². The van der Waals surface area contributed by atoms with Gasteiger partial charge in [-0.15, -0.1) is 0 Å². The molecule has 49 heavy (non-hydrogen) atoms. The molecule has 3 aliphatic rings. The molecule has 6 N–H and O–H groups in total. The third kappa shape index (κ3) is 6.14. The number of phenolic OH excluding ortho intramolecular Hbond substituents is 5. The predicted molar refractivity (Wildman–Crippen MR) is 196 cm³/mol. The van der Waals surface area contributed by atoms with Crippen molar-refractivity contribution < 1.29 is 25.5 Å². The van der Waals surface area contributed by atoms with Gasteiger partial charge in [0.1, 0.15) is 12.4 Å². The number of nitrogens with zero attached hydrogens (tertiary/aromatic N) is 2. The summed E-state index contributed by atoms with van der Waals surface area (Å²) in [5.41, 5.74) is 5.76. The number of nitrogens with one attached hydrogen (secondary N) is 1. The van der Waals surface area contributed by atoms with E-state index in [1.807, 2.05) is 0 Å². The van der Waals surface area contributed by atoms with Gasteiger partial charge < -0.3 is 30.8 Å². The van der Waals surface area contributed by atoms with Crippen molar-refractivity contribution in [3.05, 3.63) is 88.5 Å². The zero-order valence-corrected chi connectivity index (χ0v) is 27.8. The second kappa shape index (κ2) is 13.6. The van der Waals surface area contributed by atoms with Crippen LogP contribution in [0.15, 0.2) is 70.6 Å². The van der Waals surface area contributed by atoms with Crippen molar-refractivity contribution in [3.63, 3.8) is 0 Å². The maximum absolute atomic E-state index is 11.2. The Labute approximate surface area is 287 Å². The standard InChI is InChI=1S/C41H45N3O5/c45-33-17-14-28(22-35(33)47)13-15-30-31-6-5-7-34(46)37(31)39(49)38(48)32(30)16-12-27-8-10-29(11-9-27)23-42-25-41(36-24-43-26-44-36)21-4-3-20-40(41)18-1-2-19-40/h5-11,13-15,17,22,24,42,45-49H,1-4,12,16,18-21,23,25-26H2/b15-13+/t41-/m1/s1. The van der Waals surface area contributed by atoms with Crippen molar-refractivity contribution in [2.75, 3.05) is 13.2 Å². The van der Waals surface area contributed by atoms with Crippen LogP contribution in [-0.2, 0) is 19.4 Å². The Morgan fingerprint density at radius 1 is 0.714 bits per heavy atom. The van der Waals surface area contributed by atoms with Gasteiger partial charge in [-0.05, 0) is 89.8 Å². The number of hydrogen-bond acceptors (Lipinski definition) is 8. The van der Waals surface area contributed by atoms with Gasteiger partial charge in [-0.25, -0.2) is 0 Å². The molecule has 8 heteroatoms. The quantitative estimate of drug-likeness (QED) is 0.0754. The highest BCUT2D eigenvalue weighted by atomic mass is 16.3. The molecule has 0 saturated heterocycles. The summed E-state index contributed by atoms with van der Waals surface area (Å²) in [6.07, 6.45) is 16.9. The van der Waals surface area contributed by atoms with Gasteiger partial charge in [-0.3, -0.25) is 9.98 Å². The van der Waals surface area contributed by atoms with Crippen molar-refractivity contribution in [2.24, 2.45) is 20.8 Å². The Morgan fingerprint density at radius 2 is 1.45 bits per heavy atom. The molecule has 2 fully saturated rings.